The summed E-state index contributed by atoms with van der Waals surface area (Å²) in [4.78, 5) is 11.4. The van der Waals surface area contributed by atoms with Crippen LogP contribution < -0.4 is 5.73 Å². The molecule has 2 atom stereocenters. The number of nitrogens with two attached hydrogens (primary N) is 1. The lowest BCUT2D eigenvalue weighted by Crippen LogP contribution is -2.13. The molecule has 2 nitrogen and oxygen atoms in total. The van der Waals surface area contributed by atoms with Crippen LogP contribution in [0, 0.1) is 11.8 Å². The van der Waals surface area contributed by atoms with Crippen molar-refractivity contribution in [1.29, 1.82) is 0 Å². The van der Waals surface area contributed by atoms with Crippen molar-refractivity contribution in [1.82, 2.24) is 0 Å². The van der Waals surface area contributed by atoms with Gasteiger partial charge in [-0.1, -0.05) is 27.2 Å². The van der Waals surface area contributed by atoms with Crippen LogP contribution in [0.15, 0.2) is 0 Å². The highest BCUT2D eigenvalue weighted by Crippen LogP contribution is 2.11. The van der Waals surface area contributed by atoms with E-state index >= 15 is 0 Å². The van der Waals surface area contributed by atoms with Gasteiger partial charge in [0, 0.05) is 12.8 Å². The van der Waals surface area contributed by atoms with Crippen LogP contribution >= 0.6 is 0 Å². The Labute approximate surface area is 81.9 Å². The van der Waals surface area contributed by atoms with Crippen molar-refractivity contribution in [2.24, 2.45) is 17.6 Å². The third-order valence-electron chi connectivity index (χ3n) is 2.59. The van der Waals surface area contributed by atoms with E-state index in [1.165, 1.54) is 0 Å². The summed E-state index contributed by atoms with van der Waals surface area (Å²) in [5, 5.41) is 0. The molecule has 2 heteroatoms. The van der Waals surface area contributed by atoms with E-state index < -0.39 is 0 Å². The molecule has 0 radical (unpaired) electrons. The molecule has 0 heterocycles. The molecule has 0 saturated heterocycles. The van der Waals surface area contributed by atoms with Crippen LogP contribution in [-0.4, -0.2) is 12.3 Å². The smallest absolute Gasteiger partial charge is 0.133 e. The first-order valence-corrected chi connectivity index (χ1v) is 5.31. The Morgan fingerprint density at radius 2 is 1.92 bits per heavy atom. The normalized spacial score (nSPS) is 15.4. The second-order valence-electron chi connectivity index (χ2n) is 4.14. The number of hydrogen-bond acceptors (Lipinski definition) is 2. The second kappa shape index (κ2) is 7.07. The Balaban J connectivity index is 3.51. The van der Waals surface area contributed by atoms with E-state index in [-0.39, 0.29) is 0 Å². The maximum Gasteiger partial charge on any atom is 0.133 e. The van der Waals surface area contributed by atoms with Gasteiger partial charge in [-0.05, 0) is 24.8 Å². The average Bonchev–Trinajstić information content (AvgIpc) is 2.13. The fraction of sp³-hybridized carbons (Fsp3) is 0.909. The number of rotatable bonds is 7. The zero-order valence-electron chi connectivity index (χ0n) is 9.18. The van der Waals surface area contributed by atoms with E-state index in [1.54, 1.807) is 0 Å². The minimum Gasteiger partial charge on any atom is -0.330 e. The predicted octanol–water partition coefficient (Wildman–Crippen LogP) is 2.37. The molecule has 0 bridgehead atoms. The highest BCUT2D eigenvalue weighted by molar-refractivity contribution is 5.78. The summed E-state index contributed by atoms with van der Waals surface area (Å²) in [7, 11) is 0. The molecule has 0 rings (SSSR count). The largest absolute Gasteiger partial charge is 0.330 e. The van der Waals surface area contributed by atoms with Gasteiger partial charge in [0.1, 0.15) is 5.78 Å². The lowest BCUT2D eigenvalue weighted by molar-refractivity contribution is -0.120. The van der Waals surface area contributed by atoms with Crippen LogP contribution in [0.1, 0.15) is 46.5 Å². The molecular formula is C11H23NO. The van der Waals surface area contributed by atoms with Gasteiger partial charge in [-0.2, -0.15) is 0 Å². The van der Waals surface area contributed by atoms with Gasteiger partial charge in [-0.15, -0.1) is 0 Å². The maximum atomic E-state index is 11.4. The molecule has 0 aliphatic carbocycles. The standard InChI is InChI=1S/C11H23NO/c1-4-9(2)7-11(13)6-5-10(3)8-12/h9-10H,4-8,12H2,1-3H3. The Kier molecular flexibility index (Phi) is 6.87. The maximum absolute atomic E-state index is 11.4. The second-order valence-corrected chi connectivity index (χ2v) is 4.14. The van der Waals surface area contributed by atoms with E-state index in [9.17, 15) is 4.79 Å². The first-order chi connectivity index (χ1) is 6.10. The van der Waals surface area contributed by atoms with Crippen molar-refractivity contribution in [2.75, 3.05) is 6.54 Å². The third-order valence-corrected chi connectivity index (χ3v) is 2.59. The topological polar surface area (TPSA) is 43.1 Å². The molecule has 0 fully saturated rings. The predicted molar refractivity (Wildman–Crippen MR) is 56.5 cm³/mol. The van der Waals surface area contributed by atoms with Crippen LogP contribution in [0.2, 0.25) is 0 Å². The lowest BCUT2D eigenvalue weighted by Gasteiger charge is -2.09. The first-order valence-electron chi connectivity index (χ1n) is 5.31. The molecule has 0 saturated carbocycles. The zero-order chi connectivity index (χ0) is 10.3. The van der Waals surface area contributed by atoms with Crippen LogP contribution in [0.4, 0.5) is 0 Å². The van der Waals surface area contributed by atoms with E-state index in [2.05, 4.69) is 20.8 Å². The van der Waals surface area contributed by atoms with Crippen molar-refractivity contribution in [3.8, 4) is 0 Å². The Hall–Kier alpha value is -0.370. The van der Waals surface area contributed by atoms with E-state index in [0.717, 1.165) is 19.3 Å². The van der Waals surface area contributed by atoms with Gasteiger partial charge in [0.2, 0.25) is 0 Å². The van der Waals surface area contributed by atoms with Crippen molar-refractivity contribution in [3.63, 3.8) is 0 Å². The highest BCUT2D eigenvalue weighted by Gasteiger charge is 2.08. The Morgan fingerprint density at radius 3 is 2.38 bits per heavy atom. The quantitative estimate of drug-likeness (QED) is 0.661. The summed E-state index contributed by atoms with van der Waals surface area (Å²) in [6.07, 6.45) is 3.50. The van der Waals surface area contributed by atoms with Gasteiger partial charge in [0.05, 0.1) is 0 Å². The van der Waals surface area contributed by atoms with Crippen molar-refractivity contribution >= 4 is 5.78 Å². The van der Waals surface area contributed by atoms with Crippen molar-refractivity contribution in [3.05, 3.63) is 0 Å². The molecule has 2 unspecified atom stereocenters. The van der Waals surface area contributed by atoms with Crippen molar-refractivity contribution < 1.29 is 4.79 Å². The fourth-order valence-electron chi connectivity index (χ4n) is 1.16. The van der Waals surface area contributed by atoms with E-state index in [1.807, 2.05) is 0 Å². The molecule has 0 aliphatic heterocycles. The summed E-state index contributed by atoms with van der Waals surface area (Å²) < 4.78 is 0. The third kappa shape index (κ3) is 6.76. The van der Waals surface area contributed by atoms with Gasteiger partial charge in [0.25, 0.3) is 0 Å². The fourth-order valence-corrected chi connectivity index (χ4v) is 1.16. The number of Topliss-reactive ketones (excluding diaryl/α,β-unsaturated/α-hetero) is 1. The van der Waals surface area contributed by atoms with E-state index in [4.69, 9.17) is 5.73 Å². The molecule has 0 aromatic heterocycles. The van der Waals surface area contributed by atoms with Crippen LogP contribution in [0.25, 0.3) is 0 Å². The molecule has 0 aliphatic rings. The molecule has 0 amide bonds. The van der Waals surface area contributed by atoms with Gasteiger partial charge in [-0.25, -0.2) is 0 Å². The van der Waals surface area contributed by atoms with Gasteiger partial charge in [-0.3, -0.25) is 4.79 Å². The Bertz CT molecular complexity index is 145. The monoisotopic (exact) mass is 185 g/mol. The molecule has 0 aromatic rings. The average molecular weight is 185 g/mol. The van der Waals surface area contributed by atoms with Crippen molar-refractivity contribution in [2.45, 2.75) is 46.5 Å². The van der Waals surface area contributed by atoms with Crippen LogP contribution in [0.5, 0.6) is 0 Å². The summed E-state index contributed by atoms with van der Waals surface area (Å²) in [5.74, 6) is 1.43. The molecule has 0 spiro atoms. The van der Waals surface area contributed by atoms with Crippen LogP contribution in [-0.2, 0) is 4.79 Å². The molecule has 78 valence electrons. The Morgan fingerprint density at radius 1 is 1.31 bits per heavy atom. The summed E-state index contributed by atoms with van der Waals surface area (Å²) in [5.41, 5.74) is 5.47. The highest BCUT2D eigenvalue weighted by atomic mass is 16.1. The van der Waals surface area contributed by atoms with Crippen LogP contribution in [0.3, 0.4) is 0 Å². The minimum absolute atomic E-state index is 0.398. The van der Waals surface area contributed by atoms with E-state index in [0.29, 0.717) is 30.6 Å². The summed E-state index contributed by atoms with van der Waals surface area (Å²) in [6.45, 7) is 7.04. The first kappa shape index (κ1) is 12.6. The molecule has 13 heavy (non-hydrogen) atoms. The minimum atomic E-state index is 0.398. The number of carbonyl (C=O) groups excluding carboxylic acids is 1. The molecule has 0 aromatic carbocycles. The molecule has 2 N–H and O–H groups in total. The lowest BCUT2D eigenvalue weighted by atomic mass is 9.97. The number of hydrogen-bond donors (Lipinski definition) is 1. The molecular weight excluding hydrogens is 162 g/mol. The summed E-state index contributed by atoms with van der Waals surface area (Å²) in [6, 6.07) is 0. The number of carbonyl (C=O) groups is 1. The van der Waals surface area contributed by atoms with Gasteiger partial charge >= 0.3 is 0 Å². The summed E-state index contributed by atoms with van der Waals surface area (Å²) >= 11 is 0. The van der Waals surface area contributed by atoms with Gasteiger partial charge in [0.15, 0.2) is 0 Å². The number of ketones is 1. The zero-order valence-corrected chi connectivity index (χ0v) is 9.18. The SMILES string of the molecule is CCC(C)CC(=O)CCC(C)CN. The van der Waals surface area contributed by atoms with Gasteiger partial charge < -0.3 is 5.73 Å².